The molecule has 0 aromatic heterocycles. The number of para-hydroxylation sites is 2. The third-order valence-electron chi connectivity index (χ3n) is 3.28. The third-order valence-corrected chi connectivity index (χ3v) is 3.28. The maximum absolute atomic E-state index is 9.75. The van der Waals surface area contributed by atoms with Gasteiger partial charge >= 0.3 is 0 Å². The van der Waals surface area contributed by atoms with Crippen molar-refractivity contribution in [1.29, 1.82) is 0 Å². The highest BCUT2D eigenvalue weighted by atomic mass is 16.5. The molecule has 2 heteroatoms. The van der Waals surface area contributed by atoms with Gasteiger partial charge in [0.1, 0.15) is 5.75 Å². The fraction of sp³-hybridized carbons (Fsp3) is 0.294. The predicted molar refractivity (Wildman–Crippen MR) is 78.0 cm³/mol. The fourth-order valence-corrected chi connectivity index (χ4v) is 2.07. The molecule has 2 aromatic rings. The Morgan fingerprint density at radius 3 is 2.47 bits per heavy atom. The number of ether oxygens (including phenoxy) is 1. The number of phenols is 1. The van der Waals surface area contributed by atoms with E-state index < -0.39 is 0 Å². The van der Waals surface area contributed by atoms with Crippen molar-refractivity contribution in [2.45, 2.75) is 33.1 Å². The molecule has 0 heterocycles. The fourth-order valence-electron chi connectivity index (χ4n) is 2.07. The summed E-state index contributed by atoms with van der Waals surface area (Å²) in [5.41, 5.74) is 2.47. The molecule has 0 spiro atoms. The largest absolute Gasteiger partial charge is 0.504 e. The second kappa shape index (κ2) is 6.28. The molecule has 0 aliphatic rings. The van der Waals surface area contributed by atoms with Gasteiger partial charge in [-0.3, -0.25) is 0 Å². The van der Waals surface area contributed by atoms with Gasteiger partial charge in [-0.25, -0.2) is 0 Å². The summed E-state index contributed by atoms with van der Waals surface area (Å²) in [5.74, 6) is 1.48. The monoisotopic (exact) mass is 256 g/mol. The standard InChI is InChI=1S/C17H20O2/c1-3-4-8-14-9-7-12-16(13(14)2)19-17-11-6-5-10-15(17)18/h5-7,9-12,18H,3-4,8H2,1-2H3. The number of phenolic OH excluding ortho intramolecular Hbond substituents is 1. The van der Waals surface area contributed by atoms with Crippen molar-refractivity contribution in [2.24, 2.45) is 0 Å². The zero-order valence-corrected chi connectivity index (χ0v) is 11.5. The molecule has 2 aromatic carbocycles. The van der Waals surface area contributed by atoms with E-state index in [0.29, 0.717) is 5.75 Å². The highest BCUT2D eigenvalue weighted by molar-refractivity contribution is 5.46. The van der Waals surface area contributed by atoms with E-state index in [1.807, 2.05) is 18.2 Å². The van der Waals surface area contributed by atoms with Gasteiger partial charge in [-0.05, 0) is 49.1 Å². The number of unbranched alkanes of at least 4 members (excludes halogenated alkanes) is 1. The van der Waals surface area contributed by atoms with E-state index in [1.54, 1.807) is 18.2 Å². The lowest BCUT2D eigenvalue weighted by Crippen LogP contribution is -1.94. The van der Waals surface area contributed by atoms with Crippen LogP contribution in [0.25, 0.3) is 0 Å². The third kappa shape index (κ3) is 3.28. The molecule has 0 atom stereocenters. The Bertz CT molecular complexity index is 547. The molecule has 0 fully saturated rings. The summed E-state index contributed by atoms with van der Waals surface area (Å²) in [6.45, 7) is 4.26. The molecule has 2 nitrogen and oxygen atoms in total. The second-order valence-corrected chi connectivity index (χ2v) is 4.71. The number of benzene rings is 2. The summed E-state index contributed by atoms with van der Waals surface area (Å²) in [5, 5.41) is 9.75. The van der Waals surface area contributed by atoms with Gasteiger partial charge in [-0.15, -0.1) is 0 Å². The summed E-state index contributed by atoms with van der Waals surface area (Å²) in [7, 11) is 0. The molecular formula is C17H20O2. The van der Waals surface area contributed by atoms with E-state index in [9.17, 15) is 5.11 Å². The Hall–Kier alpha value is -1.96. The predicted octanol–water partition coefficient (Wildman–Crippen LogP) is 4.84. The Kier molecular flexibility index (Phi) is 4.45. The molecule has 0 saturated heterocycles. The first-order valence-corrected chi connectivity index (χ1v) is 6.76. The topological polar surface area (TPSA) is 29.5 Å². The van der Waals surface area contributed by atoms with Crippen LogP contribution in [0.4, 0.5) is 0 Å². The van der Waals surface area contributed by atoms with Crippen LogP contribution in [0, 0.1) is 6.92 Å². The van der Waals surface area contributed by atoms with Gasteiger partial charge in [-0.1, -0.05) is 37.6 Å². The molecule has 0 aliphatic heterocycles. The van der Waals surface area contributed by atoms with Gasteiger partial charge in [0.05, 0.1) is 0 Å². The first-order valence-electron chi connectivity index (χ1n) is 6.76. The quantitative estimate of drug-likeness (QED) is 0.829. The number of rotatable bonds is 5. The van der Waals surface area contributed by atoms with Gasteiger partial charge in [0.25, 0.3) is 0 Å². The lowest BCUT2D eigenvalue weighted by atomic mass is 10.0. The average molecular weight is 256 g/mol. The molecule has 0 radical (unpaired) electrons. The van der Waals surface area contributed by atoms with Gasteiger partial charge in [0.15, 0.2) is 11.5 Å². The molecule has 0 unspecified atom stereocenters. The Morgan fingerprint density at radius 2 is 1.74 bits per heavy atom. The first kappa shape index (κ1) is 13.5. The van der Waals surface area contributed by atoms with Crippen molar-refractivity contribution in [3.05, 3.63) is 53.6 Å². The number of hydrogen-bond donors (Lipinski definition) is 1. The van der Waals surface area contributed by atoms with Crippen LogP contribution in [0.2, 0.25) is 0 Å². The van der Waals surface area contributed by atoms with Crippen molar-refractivity contribution in [3.63, 3.8) is 0 Å². The van der Waals surface area contributed by atoms with Crippen LogP contribution in [-0.2, 0) is 6.42 Å². The molecule has 0 bridgehead atoms. The molecule has 0 amide bonds. The lowest BCUT2D eigenvalue weighted by molar-refractivity contribution is 0.409. The highest BCUT2D eigenvalue weighted by Crippen LogP contribution is 2.32. The summed E-state index contributed by atoms with van der Waals surface area (Å²) in [4.78, 5) is 0. The number of aromatic hydroxyl groups is 1. The van der Waals surface area contributed by atoms with Crippen molar-refractivity contribution in [2.75, 3.05) is 0 Å². The molecule has 0 saturated carbocycles. The van der Waals surface area contributed by atoms with E-state index in [0.717, 1.165) is 17.7 Å². The Labute approximate surface area is 114 Å². The van der Waals surface area contributed by atoms with E-state index in [2.05, 4.69) is 19.9 Å². The van der Waals surface area contributed by atoms with Crippen LogP contribution in [-0.4, -0.2) is 5.11 Å². The molecule has 19 heavy (non-hydrogen) atoms. The van der Waals surface area contributed by atoms with E-state index in [-0.39, 0.29) is 5.75 Å². The molecule has 100 valence electrons. The first-order chi connectivity index (χ1) is 9.22. The van der Waals surface area contributed by atoms with Crippen LogP contribution < -0.4 is 4.74 Å². The normalized spacial score (nSPS) is 10.4. The summed E-state index contributed by atoms with van der Waals surface area (Å²) >= 11 is 0. The van der Waals surface area contributed by atoms with E-state index in [4.69, 9.17) is 4.74 Å². The minimum absolute atomic E-state index is 0.167. The van der Waals surface area contributed by atoms with Crippen LogP contribution in [0.5, 0.6) is 17.2 Å². The maximum atomic E-state index is 9.75. The van der Waals surface area contributed by atoms with Crippen LogP contribution in [0.15, 0.2) is 42.5 Å². The Morgan fingerprint density at radius 1 is 1.00 bits per heavy atom. The van der Waals surface area contributed by atoms with Crippen molar-refractivity contribution < 1.29 is 9.84 Å². The maximum Gasteiger partial charge on any atom is 0.169 e. The van der Waals surface area contributed by atoms with Gasteiger partial charge in [0, 0.05) is 0 Å². The number of hydrogen-bond acceptors (Lipinski definition) is 2. The van der Waals surface area contributed by atoms with Gasteiger partial charge in [0.2, 0.25) is 0 Å². The zero-order valence-electron chi connectivity index (χ0n) is 11.5. The SMILES string of the molecule is CCCCc1cccc(Oc2ccccc2O)c1C. The highest BCUT2D eigenvalue weighted by Gasteiger charge is 2.08. The molecule has 2 rings (SSSR count). The van der Waals surface area contributed by atoms with E-state index >= 15 is 0 Å². The lowest BCUT2D eigenvalue weighted by Gasteiger charge is -2.13. The summed E-state index contributed by atoms with van der Waals surface area (Å²) in [6.07, 6.45) is 3.44. The van der Waals surface area contributed by atoms with Crippen LogP contribution >= 0.6 is 0 Å². The minimum Gasteiger partial charge on any atom is -0.504 e. The molecule has 0 aliphatic carbocycles. The van der Waals surface area contributed by atoms with Crippen molar-refractivity contribution in [1.82, 2.24) is 0 Å². The van der Waals surface area contributed by atoms with Crippen molar-refractivity contribution in [3.8, 4) is 17.2 Å². The minimum atomic E-state index is 0.167. The van der Waals surface area contributed by atoms with Crippen molar-refractivity contribution >= 4 is 0 Å². The van der Waals surface area contributed by atoms with Gasteiger partial charge in [-0.2, -0.15) is 0 Å². The Balaban J connectivity index is 2.23. The van der Waals surface area contributed by atoms with Crippen LogP contribution in [0.1, 0.15) is 30.9 Å². The van der Waals surface area contributed by atoms with E-state index in [1.165, 1.54) is 18.4 Å². The van der Waals surface area contributed by atoms with Crippen LogP contribution in [0.3, 0.4) is 0 Å². The second-order valence-electron chi connectivity index (χ2n) is 4.71. The smallest absolute Gasteiger partial charge is 0.169 e. The van der Waals surface area contributed by atoms with Gasteiger partial charge < -0.3 is 9.84 Å². The molecular weight excluding hydrogens is 236 g/mol. The summed E-state index contributed by atoms with van der Waals surface area (Å²) in [6, 6.07) is 13.1. The summed E-state index contributed by atoms with van der Waals surface area (Å²) < 4.78 is 5.81. The number of aryl methyl sites for hydroxylation is 1. The zero-order chi connectivity index (χ0) is 13.7. The average Bonchev–Trinajstić information content (AvgIpc) is 2.42. The molecule has 1 N–H and O–H groups in total.